The van der Waals surface area contributed by atoms with Crippen LogP contribution in [-0.4, -0.2) is 34.5 Å². The van der Waals surface area contributed by atoms with E-state index in [1.807, 2.05) is 17.5 Å². The second kappa shape index (κ2) is 8.87. The highest BCUT2D eigenvalue weighted by molar-refractivity contribution is 7.99. The van der Waals surface area contributed by atoms with Gasteiger partial charge in [-0.05, 0) is 78.5 Å². The molecular weight excluding hydrogens is 390 g/mol. The van der Waals surface area contributed by atoms with Crippen LogP contribution in [0.5, 0.6) is 0 Å². The molecule has 4 nitrogen and oxygen atoms in total. The first-order chi connectivity index (χ1) is 13.6. The van der Waals surface area contributed by atoms with Gasteiger partial charge in [0.05, 0.1) is 11.3 Å². The minimum Gasteiger partial charge on any atom is -0.481 e. The van der Waals surface area contributed by atoms with E-state index in [9.17, 15) is 9.59 Å². The minimum absolute atomic E-state index is 0.0765. The van der Waals surface area contributed by atoms with E-state index in [1.54, 1.807) is 11.3 Å². The minimum atomic E-state index is -0.735. The van der Waals surface area contributed by atoms with Crippen molar-refractivity contribution >= 4 is 45.1 Å². The van der Waals surface area contributed by atoms with Crippen molar-refractivity contribution in [2.24, 2.45) is 17.8 Å². The zero-order valence-electron chi connectivity index (χ0n) is 15.9. The highest BCUT2D eigenvalue weighted by Gasteiger charge is 2.47. The van der Waals surface area contributed by atoms with E-state index >= 15 is 0 Å². The third-order valence-corrected chi connectivity index (χ3v) is 8.40. The number of carbonyl (C=O) groups excluding carboxylic acids is 1. The Morgan fingerprint density at radius 3 is 2.89 bits per heavy atom. The number of carboxylic acid groups (broad SMARTS) is 1. The standard InChI is InChI=1S/C22H27NO3S2/c24-19(25)13-27-10-2-1-5-17-15-7-8-16(12-15)20(17)23-22(26)18-6-3-4-14-9-11-28-21(14)18/h3-4,6,9,11,15-17,20H,1-2,5,7-8,10,12-13H2,(H,23,26)(H,24,25)/t15-,16+,17+,20+/m1/s1. The van der Waals surface area contributed by atoms with Gasteiger partial charge in [0.2, 0.25) is 0 Å². The smallest absolute Gasteiger partial charge is 0.313 e. The SMILES string of the molecule is O=C(O)CSCCCC[C@H]1[C@@H]2CC[C@@H](C2)[C@@H]1NC(=O)c1cccc2ccsc12. The van der Waals surface area contributed by atoms with E-state index < -0.39 is 5.97 Å². The molecule has 1 amide bonds. The molecule has 2 fully saturated rings. The van der Waals surface area contributed by atoms with Gasteiger partial charge in [-0.1, -0.05) is 18.6 Å². The number of carboxylic acids is 1. The first kappa shape index (κ1) is 19.8. The summed E-state index contributed by atoms with van der Waals surface area (Å²) in [5, 5.41) is 15.3. The molecule has 4 rings (SSSR count). The highest BCUT2D eigenvalue weighted by atomic mass is 32.2. The maximum absolute atomic E-state index is 13.1. The average molecular weight is 418 g/mol. The molecule has 28 heavy (non-hydrogen) atoms. The van der Waals surface area contributed by atoms with Crippen LogP contribution in [0.15, 0.2) is 29.6 Å². The van der Waals surface area contributed by atoms with Gasteiger partial charge in [0, 0.05) is 10.7 Å². The molecule has 0 spiro atoms. The lowest BCUT2D eigenvalue weighted by molar-refractivity contribution is -0.133. The van der Waals surface area contributed by atoms with Crippen LogP contribution in [0.3, 0.4) is 0 Å². The monoisotopic (exact) mass is 417 g/mol. The molecule has 2 aliphatic rings. The summed E-state index contributed by atoms with van der Waals surface area (Å²) < 4.78 is 1.08. The molecule has 0 saturated heterocycles. The summed E-state index contributed by atoms with van der Waals surface area (Å²) in [5.41, 5.74) is 0.805. The Bertz CT molecular complexity index is 849. The number of thioether (sulfide) groups is 1. The van der Waals surface area contributed by atoms with E-state index in [2.05, 4.69) is 17.4 Å². The molecule has 2 aliphatic carbocycles. The van der Waals surface area contributed by atoms with E-state index in [0.717, 1.165) is 46.6 Å². The van der Waals surface area contributed by atoms with Crippen LogP contribution in [0.4, 0.5) is 0 Å². The summed E-state index contributed by atoms with van der Waals surface area (Å²) >= 11 is 3.14. The number of nitrogens with one attached hydrogen (secondary N) is 1. The third-order valence-electron chi connectivity index (χ3n) is 6.41. The molecule has 1 aromatic heterocycles. The molecule has 0 radical (unpaired) electrons. The maximum atomic E-state index is 13.1. The molecule has 1 aromatic carbocycles. The predicted octanol–water partition coefficient (Wildman–Crippen LogP) is 5.03. The van der Waals surface area contributed by atoms with Crippen molar-refractivity contribution in [3.63, 3.8) is 0 Å². The van der Waals surface area contributed by atoms with Crippen molar-refractivity contribution in [3.8, 4) is 0 Å². The zero-order valence-corrected chi connectivity index (χ0v) is 17.6. The summed E-state index contributed by atoms with van der Waals surface area (Å²) in [5.74, 6) is 2.40. The van der Waals surface area contributed by atoms with Crippen LogP contribution in [0.1, 0.15) is 48.9 Å². The number of rotatable bonds is 9. The van der Waals surface area contributed by atoms with Crippen LogP contribution < -0.4 is 5.32 Å². The number of aliphatic carboxylic acids is 1. The molecule has 2 bridgehead atoms. The van der Waals surface area contributed by atoms with Crippen LogP contribution in [0, 0.1) is 17.8 Å². The summed E-state index contributed by atoms with van der Waals surface area (Å²) in [6.07, 6.45) is 7.11. The Morgan fingerprint density at radius 2 is 2.04 bits per heavy atom. The molecule has 2 aromatic rings. The Hall–Kier alpha value is -1.53. The van der Waals surface area contributed by atoms with E-state index in [1.165, 1.54) is 31.0 Å². The summed E-state index contributed by atoms with van der Waals surface area (Å²) in [4.78, 5) is 23.6. The molecule has 2 saturated carbocycles. The van der Waals surface area contributed by atoms with Gasteiger partial charge < -0.3 is 10.4 Å². The van der Waals surface area contributed by atoms with Gasteiger partial charge in [-0.15, -0.1) is 11.3 Å². The van der Waals surface area contributed by atoms with Crippen molar-refractivity contribution in [2.75, 3.05) is 11.5 Å². The zero-order chi connectivity index (χ0) is 19.5. The fourth-order valence-electron chi connectivity index (χ4n) is 5.20. The lowest BCUT2D eigenvalue weighted by atomic mass is 9.81. The van der Waals surface area contributed by atoms with E-state index in [0.29, 0.717) is 17.9 Å². The van der Waals surface area contributed by atoms with Crippen LogP contribution >= 0.6 is 23.1 Å². The highest BCUT2D eigenvalue weighted by Crippen LogP contribution is 2.50. The molecule has 4 atom stereocenters. The summed E-state index contributed by atoms with van der Waals surface area (Å²) in [7, 11) is 0. The van der Waals surface area contributed by atoms with Crippen LogP contribution in [0.25, 0.3) is 10.1 Å². The number of fused-ring (bicyclic) bond motifs is 3. The van der Waals surface area contributed by atoms with Gasteiger partial charge in [0.1, 0.15) is 0 Å². The van der Waals surface area contributed by atoms with Gasteiger partial charge in [-0.3, -0.25) is 9.59 Å². The number of amides is 1. The van der Waals surface area contributed by atoms with Crippen molar-refractivity contribution in [1.29, 1.82) is 0 Å². The number of thiophene rings is 1. The maximum Gasteiger partial charge on any atom is 0.313 e. The molecule has 1 heterocycles. The third kappa shape index (κ3) is 4.23. The Kier molecular flexibility index (Phi) is 6.26. The Labute approximate surface area is 174 Å². The number of hydrogen-bond acceptors (Lipinski definition) is 4. The molecule has 2 N–H and O–H groups in total. The van der Waals surface area contributed by atoms with Gasteiger partial charge in [-0.25, -0.2) is 0 Å². The molecule has 150 valence electrons. The van der Waals surface area contributed by atoms with Crippen molar-refractivity contribution in [1.82, 2.24) is 5.32 Å². The summed E-state index contributed by atoms with van der Waals surface area (Å²) in [6.45, 7) is 0. The predicted molar refractivity (Wildman–Crippen MR) is 116 cm³/mol. The summed E-state index contributed by atoms with van der Waals surface area (Å²) in [6, 6.07) is 8.34. The van der Waals surface area contributed by atoms with E-state index in [-0.39, 0.29) is 11.7 Å². The van der Waals surface area contributed by atoms with Gasteiger partial charge in [0.25, 0.3) is 5.91 Å². The van der Waals surface area contributed by atoms with Crippen LogP contribution in [-0.2, 0) is 4.79 Å². The lowest BCUT2D eigenvalue weighted by Crippen LogP contribution is -2.44. The molecule has 0 aliphatic heterocycles. The first-order valence-electron chi connectivity index (χ1n) is 10.2. The molecular formula is C22H27NO3S2. The van der Waals surface area contributed by atoms with Gasteiger partial charge >= 0.3 is 5.97 Å². The quantitative estimate of drug-likeness (QED) is 0.561. The first-order valence-corrected chi connectivity index (χ1v) is 12.2. The van der Waals surface area contributed by atoms with Gasteiger partial charge in [0.15, 0.2) is 0 Å². The second-order valence-electron chi connectivity index (χ2n) is 8.08. The van der Waals surface area contributed by atoms with Gasteiger partial charge in [-0.2, -0.15) is 11.8 Å². The Morgan fingerprint density at radius 1 is 1.18 bits per heavy atom. The number of benzene rings is 1. The topological polar surface area (TPSA) is 66.4 Å². The number of unbranched alkanes of at least 4 members (excludes halogenated alkanes) is 1. The number of hydrogen-bond donors (Lipinski definition) is 2. The largest absolute Gasteiger partial charge is 0.481 e. The molecule has 6 heteroatoms. The van der Waals surface area contributed by atoms with Crippen molar-refractivity contribution < 1.29 is 14.7 Å². The molecule has 0 unspecified atom stereocenters. The average Bonchev–Trinajstić information content (AvgIpc) is 3.40. The van der Waals surface area contributed by atoms with Crippen molar-refractivity contribution in [2.45, 2.75) is 44.6 Å². The van der Waals surface area contributed by atoms with Crippen molar-refractivity contribution in [3.05, 3.63) is 35.2 Å². The van der Waals surface area contributed by atoms with E-state index in [4.69, 9.17) is 5.11 Å². The second-order valence-corrected chi connectivity index (χ2v) is 10.1. The van der Waals surface area contributed by atoms with Crippen LogP contribution in [0.2, 0.25) is 0 Å². The fourth-order valence-corrected chi connectivity index (χ4v) is 6.83. The number of carbonyl (C=O) groups is 2. The normalized spacial score (nSPS) is 26.0. The fraction of sp³-hybridized carbons (Fsp3) is 0.545. The Balaban J connectivity index is 1.35. The lowest BCUT2D eigenvalue weighted by Gasteiger charge is -2.32.